The lowest BCUT2D eigenvalue weighted by Gasteiger charge is -1.98. The van der Waals surface area contributed by atoms with E-state index in [1.165, 1.54) is 22.7 Å². The van der Waals surface area contributed by atoms with Crippen LogP contribution in [0, 0.1) is 13.8 Å². The summed E-state index contributed by atoms with van der Waals surface area (Å²) in [5.41, 5.74) is 2.77. The topological polar surface area (TPSA) is 54.9 Å². The van der Waals surface area contributed by atoms with E-state index in [1.807, 2.05) is 36.9 Å². The molecule has 0 radical (unpaired) electrons. The zero-order valence-electron chi connectivity index (χ0n) is 12.2. The molecule has 114 valence electrons. The molecule has 8 heteroatoms. The standard InChI is InChI=1S/C14H13N3OS4/c1-7-10(21-12(15-7)9-4-5-20-6-9)11(18)17-14-16-8(2)13(19-3)22-14/h4-6H,1-3H3,(H,16,17,18). The van der Waals surface area contributed by atoms with Crippen LogP contribution >= 0.6 is 45.8 Å². The predicted octanol–water partition coefficient (Wildman–Crippen LogP) is 4.92. The van der Waals surface area contributed by atoms with E-state index < -0.39 is 0 Å². The first-order valence-electron chi connectivity index (χ1n) is 6.41. The van der Waals surface area contributed by atoms with Gasteiger partial charge in [-0.05, 0) is 31.5 Å². The molecule has 3 aromatic rings. The van der Waals surface area contributed by atoms with Crippen LogP contribution in [0.5, 0.6) is 0 Å². The Morgan fingerprint density at radius 2 is 2.05 bits per heavy atom. The quantitative estimate of drug-likeness (QED) is 0.665. The van der Waals surface area contributed by atoms with Crippen molar-refractivity contribution in [3.63, 3.8) is 0 Å². The minimum Gasteiger partial charge on any atom is -0.297 e. The monoisotopic (exact) mass is 367 g/mol. The SMILES string of the molecule is CSc1sc(NC(=O)c2sc(-c3ccsc3)nc2C)nc1C. The minimum atomic E-state index is -0.141. The summed E-state index contributed by atoms with van der Waals surface area (Å²) in [5.74, 6) is -0.141. The van der Waals surface area contributed by atoms with Crippen LogP contribution in [0.15, 0.2) is 21.0 Å². The summed E-state index contributed by atoms with van der Waals surface area (Å²) >= 11 is 6.18. The number of thiophene rings is 1. The van der Waals surface area contributed by atoms with Gasteiger partial charge in [-0.3, -0.25) is 10.1 Å². The second-order valence-electron chi connectivity index (χ2n) is 4.50. The maximum absolute atomic E-state index is 12.4. The van der Waals surface area contributed by atoms with Gasteiger partial charge in [-0.1, -0.05) is 11.3 Å². The van der Waals surface area contributed by atoms with Crippen molar-refractivity contribution >= 4 is 56.8 Å². The number of aryl methyl sites for hydroxylation is 2. The van der Waals surface area contributed by atoms with Crippen molar-refractivity contribution in [3.8, 4) is 10.6 Å². The lowest BCUT2D eigenvalue weighted by Crippen LogP contribution is -2.11. The zero-order chi connectivity index (χ0) is 15.7. The summed E-state index contributed by atoms with van der Waals surface area (Å²) in [6.45, 7) is 3.81. The number of amides is 1. The fraction of sp³-hybridized carbons (Fsp3) is 0.214. The second kappa shape index (κ2) is 6.49. The van der Waals surface area contributed by atoms with E-state index >= 15 is 0 Å². The molecule has 0 saturated heterocycles. The van der Waals surface area contributed by atoms with Crippen LogP contribution in [0.3, 0.4) is 0 Å². The minimum absolute atomic E-state index is 0.141. The molecule has 0 fully saturated rings. The normalized spacial score (nSPS) is 10.9. The fourth-order valence-electron chi connectivity index (χ4n) is 1.90. The van der Waals surface area contributed by atoms with E-state index in [0.29, 0.717) is 10.0 Å². The van der Waals surface area contributed by atoms with Gasteiger partial charge < -0.3 is 0 Å². The molecule has 0 bridgehead atoms. The Hall–Kier alpha value is -1.22. The number of nitrogens with one attached hydrogen (secondary N) is 1. The van der Waals surface area contributed by atoms with Gasteiger partial charge in [0, 0.05) is 10.9 Å². The molecule has 0 saturated carbocycles. The number of carbonyl (C=O) groups excluding carboxylic acids is 1. The van der Waals surface area contributed by atoms with Crippen LogP contribution < -0.4 is 5.32 Å². The number of anilines is 1. The summed E-state index contributed by atoms with van der Waals surface area (Å²) in [6.07, 6.45) is 2.01. The highest BCUT2D eigenvalue weighted by Crippen LogP contribution is 2.32. The van der Waals surface area contributed by atoms with Gasteiger partial charge in [-0.2, -0.15) is 11.3 Å². The first-order valence-corrected chi connectivity index (χ1v) is 10.2. The molecule has 0 aliphatic carbocycles. The Bertz CT molecular complexity index is 804. The molecule has 0 aromatic carbocycles. The van der Waals surface area contributed by atoms with Crippen molar-refractivity contribution in [2.45, 2.75) is 18.1 Å². The third-order valence-corrected chi connectivity index (χ3v) is 7.10. The van der Waals surface area contributed by atoms with Crippen molar-refractivity contribution < 1.29 is 4.79 Å². The first-order chi connectivity index (χ1) is 10.6. The second-order valence-corrected chi connectivity index (χ2v) is 8.35. The van der Waals surface area contributed by atoms with Crippen LogP contribution in [0.4, 0.5) is 5.13 Å². The number of carbonyl (C=O) groups is 1. The van der Waals surface area contributed by atoms with E-state index in [-0.39, 0.29) is 5.91 Å². The van der Waals surface area contributed by atoms with Crippen LogP contribution in [-0.4, -0.2) is 22.1 Å². The summed E-state index contributed by atoms with van der Waals surface area (Å²) < 4.78 is 1.12. The summed E-state index contributed by atoms with van der Waals surface area (Å²) in [7, 11) is 0. The lowest BCUT2D eigenvalue weighted by molar-refractivity contribution is 0.103. The average Bonchev–Trinajstić information content (AvgIpc) is 3.18. The van der Waals surface area contributed by atoms with Crippen molar-refractivity contribution in [2.24, 2.45) is 0 Å². The van der Waals surface area contributed by atoms with Gasteiger partial charge in [-0.15, -0.1) is 23.1 Å². The highest BCUT2D eigenvalue weighted by Gasteiger charge is 2.18. The fourth-order valence-corrected chi connectivity index (χ4v) is 5.18. The Labute approximate surface area is 144 Å². The largest absolute Gasteiger partial charge is 0.297 e. The predicted molar refractivity (Wildman–Crippen MR) is 96.7 cm³/mol. The van der Waals surface area contributed by atoms with Gasteiger partial charge in [0.15, 0.2) is 5.13 Å². The van der Waals surface area contributed by atoms with E-state index in [0.717, 1.165) is 26.2 Å². The highest BCUT2D eigenvalue weighted by atomic mass is 32.2. The van der Waals surface area contributed by atoms with Crippen LogP contribution in [0.1, 0.15) is 21.1 Å². The molecule has 1 N–H and O–H groups in total. The molecule has 3 rings (SSSR count). The molecule has 0 aliphatic heterocycles. The van der Waals surface area contributed by atoms with Crippen LogP contribution in [0.2, 0.25) is 0 Å². The summed E-state index contributed by atoms with van der Waals surface area (Å²) in [5, 5.41) is 8.44. The Morgan fingerprint density at radius 3 is 2.68 bits per heavy atom. The summed E-state index contributed by atoms with van der Waals surface area (Å²) in [6, 6.07) is 2.01. The first kappa shape index (κ1) is 15.7. The van der Waals surface area contributed by atoms with E-state index in [1.54, 1.807) is 23.1 Å². The molecule has 0 atom stereocenters. The molecule has 3 aromatic heterocycles. The maximum atomic E-state index is 12.4. The van der Waals surface area contributed by atoms with Crippen molar-refractivity contribution in [2.75, 3.05) is 11.6 Å². The van der Waals surface area contributed by atoms with Gasteiger partial charge in [0.1, 0.15) is 9.88 Å². The molecule has 3 heterocycles. The third kappa shape index (κ3) is 3.10. The maximum Gasteiger partial charge on any atom is 0.269 e. The number of thioether (sulfide) groups is 1. The van der Waals surface area contributed by atoms with E-state index in [2.05, 4.69) is 15.3 Å². The van der Waals surface area contributed by atoms with Crippen LogP contribution in [-0.2, 0) is 0 Å². The molecular formula is C14H13N3OS4. The average molecular weight is 368 g/mol. The summed E-state index contributed by atoms with van der Waals surface area (Å²) in [4.78, 5) is 22.0. The van der Waals surface area contributed by atoms with Gasteiger partial charge in [0.05, 0.1) is 15.6 Å². The zero-order valence-corrected chi connectivity index (χ0v) is 15.4. The smallest absolute Gasteiger partial charge is 0.269 e. The van der Waals surface area contributed by atoms with Crippen LogP contribution in [0.25, 0.3) is 10.6 Å². The number of aromatic nitrogens is 2. The molecule has 4 nitrogen and oxygen atoms in total. The van der Waals surface area contributed by atoms with Crippen molar-refractivity contribution in [3.05, 3.63) is 33.1 Å². The molecule has 1 amide bonds. The molecule has 0 spiro atoms. The van der Waals surface area contributed by atoms with Gasteiger partial charge in [0.2, 0.25) is 0 Å². The van der Waals surface area contributed by atoms with Gasteiger partial charge in [0.25, 0.3) is 5.91 Å². The number of hydrogen-bond acceptors (Lipinski definition) is 7. The van der Waals surface area contributed by atoms with E-state index in [4.69, 9.17) is 0 Å². The number of nitrogens with zero attached hydrogens (tertiary/aromatic N) is 2. The van der Waals surface area contributed by atoms with Gasteiger partial charge in [-0.25, -0.2) is 9.97 Å². The van der Waals surface area contributed by atoms with Crippen molar-refractivity contribution in [1.29, 1.82) is 0 Å². The van der Waals surface area contributed by atoms with E-state index in [9.17, 15) is 4.79 Å². The molecule has 0 aliphatic rings. The molecule has 22 heavy (non-hydrogen) atoms. The Kier molecular flexibility index (Phi) is 4.62. The third-order valence-electron chi connectivity index (χ3n) is 2.93. The molecule has 0 unspecified atom stereocenters. The highest BCUT2D eigenvalue weighted by molar-refractivity contribution is 8.00. The number of thiazole rings is 2. The lowest BCUT2D eigenvalue weighted by atomic mass is 10.3. The van der Waals surface area contributed by atoms with Gasteiger partial charge >= 0.3 is 0 Å². The Morgan fingerprint density at radius 1 is 1.23 bits per heavy atom. The Balaban J connectivity index is 1.83. The van der Waals surface area contributed by atoms with Crippen molar-refractivity contribution in [1.82, 2.24) is 9.97 Å². The number of rotatable bonds is 4. The number of hydrogen-bond donors (Lipinski definition) is 1. The molecular weight excluding hydrogens is 354 g/mol.